The van der Waals surface area contributed by atoms with E-state index in [9.17, 15) is 9.18 Å². The Kier molecular flexibility index (Phi) is 8.00. The molecule has 0 aliphatic rings. The van der Waals surface area contributed by atoms with Crippen LogP contribution in [0.3, 0.4) is 0 Å². The Morgan fingerprint density at radius 3 is 2.37 bits per heavy atom. The van der Waals surface area contributed by atoms with Gasteiger partial charge in [-0.2, -0.15) is 0 Å². The van der Waals surface area contributed by atoms with Crippen LogP contribution in [0.25, 0.3) is 0 Å². The van der Waals surface area contributed by atoms with Crippen molar-refractivity contribution < 1.29 is 18.3 Å². The van der Waals surface area contributed by atoms with E-state index in [0.29, 0.717) is 0 Å². The third-order valence-electron chi connectivity index (χ3n) is 4.56. The van der Waals surface area contributed by atoms with E-state index in [4.69, 9.17) is 78.8 Å². The number of furan rings is 1. The molecule has 1 amide bonds. The lowest BCUT2D eigenvalue weighted by atomic mass is 10.2. The van der Waals surface area contributed by atoms with Crippen molar-refractivity contribution in [2.75, 3.05) is 5.32 Å². The van der Waals surface area contributed by atoms with Crippen LogP contribution in [0.15, 0.2) is 41.1 Å². The molecule has 0 saturated carbocycles. The van der Waals surface area contributed by atoms with Gasteiger partial charge in [0.05, 0.1) is 21.6 Å². The smallest absolute Gasteiger partial charge is 0.293 e. The van der Waals surface area contributed by atoms with Gasteiger partial charge in [0.25, 0.3) is 5.91 Å². The van der Waals surface area contributed by atoms with Crippen LogP contribution in [0.5, 0.6) is 5.75 Å². The number of amides is 1. The van der Waals surface area contributed by atoms with Gasteiger partial charge in [-0.25, -0.2) is 14.1 Å². The predicted molar refractivity (Wildman–Crippen MR) is 133 cm³/mol. The van der Waals surface area contributed by atoms with E-state index in [2.05, 4.69) is 15.4 Å². The van der Waals surface area contributed by atoms with E-state index < -0.39 is 11.7 Å². The third kappa shape index (κ3) is 5.63. The highest BCUT2D eigenvalue weighted by atomic mass is 35.5. The highest BCUT2D eigenvalue weighted by Crippen LogP contribution is 2.48. The predicted octanol–water partition coefficient (Wildman–Crippen LogP) is 7.81. The van der Waals surface area contributed by atoms with E-state index in [-0.39, 0.29) is 72.1 Å². The minimum Gasteiger partial charge on any atom is -0.482 e. The average molecular weight is 599 g/mol. The quantitative estimate of drug-likeness (QED) is 0.173. The van der Waals surface area contributed by atoms with Crippen molar-refractivity contribution in [3.05, 3.63) is 89.7 Å². The fraction of sp³-hybridized carbons (Fsp3) is 0.0952. The summed E-state index contributed by atoms with van der Waals surface area (Å²) in [5.74, 6) is -0.861. The normalized spacial score (nSPS) is 11.1. The third-order valence-corrected chi connectivity index (χ3v) is 7.15. The van der Waals surface area contributed by atoms with Gasteiger partial charge in [0.1, 0.15) is 34.6 Å². The number of ether oxygens (including phenoxy) is 1. The Morgan fingerprint density at radius 1 is 1.00 bits per heavy atom. The molecule has 0 aliphatic heterocycles. The summed E-state index contributed by atoms with van der Waals surface area (Å²) in [7, 11) is 0. The first-order valence-electron chi connectivity index (χ1n) is 9.52. The molecule has 0 unspecified atom stereocenters. The van der Waals surface area contributed by atoms with Crippen molar-refractivity contribution in [1.82, 2.24) is 14.8 Å². The molecule has 14 heteroatoms. The molecule has 0 atom stereocenters. The van der Waals surface area contributed by atoms with Gasteiger partial charge in [0.15, 0.2) is 11.5 Å². The van der Waals surface area contributed by atoms with E-state index in [1.165, 1.54) is 35.3 Å². The minimum atomic E-state index is -0.619. The van der Waals surface area contributed by atoms with Crippen molar-refractivity contribution in [2.45, 2.75) is 13.2 Å². The SMILES string of the molecule is O=C(Nc1ncn(Cc2c(F)cccc2Cl)n1)c1ccc(COc2c(Cl)c(Cl)c(Cl)c(Cl)c2Cl)o1. The average Bonchev–Trinajstić information content (AvgIpc) is 3.48. The highest BCUT2D eigenvalue weighted by Gasteiger charge is 2.21. The van der Waals surface area contributed by atoms with Crippen LogP contribution in [-0.4, -0.2) is 20.7 Å². The minimum absolute atomic E-state index is 0.000640. The monoisotopic (exact) mass is 596 g/mol. The molecule has 0 radical (unpaired) electrons. The van der Waals surface area contributed by atoms with Crippen LogP contribution in [0.4, 0.5) is 10.3 Å². The Labute approximate surface area is 227 Å². The van der Waals surface area contributed by atoms with Crippen LogP contribution in [0, 0.1) is 5.82 Å². The second-order valence-corrected chi connectivity index (χ2v) is 9.17. The van der Waals surface area contributed by atoms with Gasteiger partial charge in [0, 0.05) is 10.6 Å². The standard InChI is InChI=1S/C21H11Cl6FN4O3/c22-11-2-1-3-12(28)10(11)6-32-8-29-21(31-32)30-20(33)13-5-4-9(35-13)7-34-19-17(26)15(24)14(23)16(25)18(19)27/h1-5,8H,6-7H2,(H,30,31,33). The number of hydrogen-bond acceptors (Lipinski definition) is 5. The molecule has 4 rings (SSSR count). The number of rotatable bonds is 7. The van der Waals surface area contributed by atoms with Gasteiger partial charge in [-0.1, -0.05) is 75.7 Å². The molecule has 0 fully saturated rings. The van der Waals surface area contributed by atoms with Crippen molar-refractivity contribution in [3.8, 4) is 5.75 Å². The molecule has 2 aromatic carbocycles. The lowest BCUT2D eigenvalue weighted by Crippen LogP contribution is -2.13. The van der Waals surface area contributed by atoms with Gasteiger partial charge < -0.3 is 9.15 Å². The largest absolute Gasteiger partial charge is 0.482 e. The fourth-order valence-corrected chi connectivity index (χ4v) is 4.32. The first-order chi connectivity index (χ1) is 16.7. The second-order valence-electron chi connectivity index (χ2n) is 6.87. The van der Waals surface area contributed by atoms with Gasteiger partial charge in [-0.3, -0.25) is 10.1 Å². The number of hydrogen-bond donors (Lipinski definition) is 1. The first kappa shape index (κ1) is 25.9. The van der Waals surface area contributed by atoms with E-state index >= 15 is 0 Å². The summed E-state index contributed by atoms with van der Waals surface area (Å²) in [6.07, 6.45) is 1.33. The molecule has 7 nitrogen and oxygen atoms in total. The summed E-state index contributed by atoms with van der Waals surface area (Å²) in [6, 6.07) is 7.30. The Hall–Kier alpha value is -2.20. The number of nitrogens with one attached hydrogen (secondary N) is 1. The topological polar surface area (TPSA) is 82.2 Å². The fourth-order valence-electron chi connectivity index (χ4n) is 2.87. The number of carbonyl (C=O) groups excluding carboxylic acids is 1. The maximum absolute atomic E-state index is 14.0. The summed E-state index contributed by atoms with van der Waals surface area (Å²) in [6.45, 7) is -0.113. The maximum atomic E-state index is 14.0. The summed E-state index contributed by atoms with van der Waals surface area (Å²) in [5.41, 5.74) is 0.246. The zero-order valence-electron chi connectivity index (χ0n) is 17.1. The number of aromatic nitrogens is 3. The summed E-state index contributed by atoms with van der Waals surface area (Å²) < 4.78 is 26.4. The highest BCUT2D eigenvalue weighted by molar-refractivity contribution is 6.55. The summed E-state index contributed by atoms with van der Waals surface area (Å²) in [4.78, 5) is 16.5. The number of nitrogens with zero attached hydrogens (tertiary/aromatic N) is 3. The molecule has 0 spiro atoms. The lowest BCUT2D eigenvalue weighted by molar-refractivity contribution is 0.0991. The molecule has 35 heavy (non-hydrogen) atoms. The molecule has 2 heterocycles. The Balaban J connectivity index is 1.40. The molecule has 0 saturated heterocycles. The number of anilines is 1. The molecule has 0 aliphatic carbocycles. The molecular weight excluding hydrogens is 588 g/mol. The Morgan fingerprint density at radius 2 is 1.69 bits per heavy atom. The van der Waals surface area contributed by atoms with E-state index in [1.807, 2.05) is 0 Å². The number of benzene rings is 2. The van der Waals surface area contributed by atoms with Crippen LogP contribution in [0.2, 0.25) is 30.1 Å². The van der Waals surface area contributed by atoms with Crippen molar-refractivity contribution >= 4 is 81.5 Å². The zero-order chi connectivity index (χ0) is 25.3. The molecular formula is C21H11Cl6FN4O3. The summed E-state index contributed by atoms with van der Waals surface area (Å²) in [5, 5.41) is 6.77. The molecule has 0 bridgehead atoms. The Bertz CT molecular complexity index is 1380. The molecule has 4 aromatic rings. The van der Waals surface area contributed by atoms with Crippen molar-refractivity contribution in [1.29, 1.82) is 0 Å². The van der Waals surface area contributed by atoms with Gasteiger partial charge in [0.2, 0.25) is 5.95 Å². The maximum Gasteiger partial charge on any atom is 0.293 e. The van der Waals surface area contributed by atoms with Gasteiger partial charge >= 0.3 is 0 Å². The van der Waals surface area contributed by atoms with Crippen molar-refractivity contribution in [2.24, 2.45) is 0 Å². The van der Waals surface area contributed by atoms with Crippen molar-refractivity contribution in [3.63, 3.8) is 0 Å². The van der Waals surface area contributed by atoms with Gasteiger partial charge in [-0.05, 0) is 24.3 Å². The first-order valence-corrected chi connectivity index (χ1v) is 11.8. The van der Waals surface area contributed by atoms with Crippen LogP contribution < -0.4 is 10.1 Å². The van der Waals surface area contributed by atoms with Crippen LogP contribution in [0.1, 0.15) is 21.9 Å². The van der Waals surface area contributed by atoms with E-state index in [0.717, 1.165) is 0 Å². The number of carbonyl (C=O) groups is 1. The van der Waals surface area contributed by atoms with Crippen LogP contribution in [-0.2, 0) is 13.2 Å². The van der Waals surface area contributed by atoms with Gasteiger partial charge in [-0.15, -0.1) is 5.10 Å². The molecule has 1 N–H and O–H groups in total. The lowest BCUT2D eigenvalue weighted by Gasteiger charge is -2.12. The van der Waals surface area contributed by atoms with E-state index in [1.54, 1.807) is 6.07 Å². The van der Waals surface area contributed by atoms with Crippen LogP contribution >= 0.6 is 69.6 Å². The molecule has 2 aromatic heterocycles. The second kappa shape index (κ2) is 10.8. The number of halogens is 7. The summed E-state index contributed by atoms with van der Waals surface area (Å²) >= 11 is 36.3. The molecule has 182 valence electrons. The zero-order valence-corrected chi connectivity index (χ0v) is 21.6.